The second kappa shape index (κ2) is 69.3. The first-order valence-electron chi connectivity index (χ1n) is 53.6. The lowest BCUT2D eigenvalue weighted by atomic mass is 9.82. The molecule has 6 unspecified atom stereocenters. The number of carbonyl (C=O) groups excluding carboxylic acids is 19. The van der Waals surface area contributed by atoms with Crippen molar-refractivity contribution >= 4 is 117 Å². The highest BCUT2D eigenvalue weighted by Crippen LogP contribution is 2.35. The Morgan fingerprint density at radius 2 is 0.559 bits per heavy atom. The third-order valence-corrected chi connectivity index (χ3v) is 30.5. The zero-order valence-electron chi connectivity index (χ0n) is 89.9. The van der Waals surface area contributed by atoms with Gasteiger partial charge >= 0.3 is 5.97 Å². The fourth-order valence-corrected chi connectivity index (χ4v) is 20.8. The van der Waals surface area contributed by atoms with Gasteiger partial charge in [0, 0.05) is 160 Å². The Kier molecular flexibility index (Phi) is 61.7. The molecule has 12 rings (SSSR count). The van der Waals surface area contributed by atoms with E-state index in [4.69, 9.17) is 5.11 Å². The number of ketones is 11. The van der Waals surface area contributed by atoms with Gasteiger partial charge in [-0.3, -0.25) is 95.9 Å². The van der Waals surface area contributed by atoms with Gasteiger partial charge in [0.15, 0.2) is 12.4 Å². The van der Waals surface area contributed by atoms with Crippen LogP contribution in [-0.4, -0.2) is 183 Å². The summed E-state index contributed by atoms with van der Waals surface area (Å²) in [6.07, 6.45) is 45.8. The van der Waals surface area contributed by atoms with Crippen molar-refractivity contribution < 1.29 is 106 Å². The first-order chi connectivity index (χ1) is 67.5. The molecule has 0 aliphatic heterocycles. The van der Waals surface area contributed by atoms with E-state index < -0.39 is 29.4 Å². The van der Waals surface area contributed by atoms with Crippen molar-refractivity contribution in [3.05, 3.63) is 54.4 Å². The number of pyridine rings is 1. The monoisotopic (exact) mass is 2000 g/mol. The number of aromatic nitrogens is 1. The topological polar surface area (TPSA) is 474 Å². The Morgan fingerprint density at radius 3 is 0.832 bits per heavy atom. The van der Waals surface area contributed by atoms with Crippen LogP contribution in [0.3, 0.4) is 0 Å². The summed E-state index contributed by atoms with van der Waals surface area (Å²) in [7, 11) is 3.90. The first kappa shape index (κ1) is 127. The normalized spacial score (nSPS) is 26.6. The lowest BCUT2D eigenvalue weighted by Gasteiger charge is -2.30. The summed E-state index contributed by atoms with van der Waals surface area (Å²) in [5.74, 6) is 2.17. The Balaban J connectivity index is 0.000000411. The van der Waals surface area contributed by atoms with Crippen molar-refractivity contribution in [1.29, 1.82) is 0 Å². The number of carboxylic acid groups (broad SMARTS) is 1. The molecule has 11 aliphatic rings. The number of nitrogens with zero attached hydrogens (tertiary/aromatic N) is 1. The summed E-state index contributed by atoms with van der Waals surface area (Å²) < 4.78 is 1.86. The molecule has 0 radical (unpaired) electrons. The Labute approximate surface area is 852 Å². The lowest BCUT2D eigenvalue weighted by molar-refractivity contribution is -0.671. The Bertz CT molecular complexity index is 4250. The van der Waals surface area contributed by atoms with E-state index in [2.05, 4.69) is 61.0 Å². The number of carbonyl (C=O) groups is 20. The van der Waals surface area contributed by atoms with Crippen LogP contribution in [0, 0.1) is 65.1 Å². The fraction of sp³-hybridized carbons (Fsp3) is 0.741. The molecule has 0 saturated heterocycles. The average Bonchev–Trinajstić information content (AvgIpc) is 0.863. The van der Waals surface area contributed by atoms with Gasteiger partial charge in [-0.05, 0) is 339 Å². The van der Waals surface area contributed by atoms with Crippen LogP contribution in [0.15, 0.2) is 48.8 Å². The zero-order valence-corrected chi connectivity index (χ0v) is 89.9. The molecular formula is C112H181N10O21+. The molecule has 11 saturated carbocycles. The fourth-order valence-electron chi connectivity index (χ4n) is 20.8. The quantitative estimate of drug-likeness (QED) is 0.0247. The van der Waals surface area contributed by atoms with Crippen molar-refractivity contribution in [2.45, 2.75) is 454 Å². The zero-order chi connectivity index (χ0) is 107. The number of allylic oxidation sites excluding steroid dienone is 2. The number of aliphatic carboxylic acids is 1. The number of aryl methyl sites for hydroxylation is 1. The van der Waals surface area contributed by atoms with Crippen LogP contribution in [0.5, 0.6) is 0 Å². The predicted octanol–water partition coefficient (Wildman–Crippen LogP) is 15.1. The van der Waals surface area contributed by atoms with Crippen LogP contribution in [0.25, 0.3) is 0 Å². The van der Waals surface area contributed by atoms with E-state index >= 15 is 0 Å². The molecule has 0 aromatic carbocycles. The highest BCUT2D eigenvalue weighted by atomic mass is 16.4. The van der Waals surface area contributed by atoms with Crippen LogP contribution in [0.4, 0.5) is 0 Å². The number of rotatable bonds is 25. The molecule has 0 spiro atoms. The van der Waals surface area contributed by atoms with Gasteiger partial charge in [0.05, 0.1) is 5.92 Å². The molecule has 31 nitrogen and oxygen atoms in total. The summed E-state index contributed by atoms with van der Waals surface area (Å²) in [5, 5.41) is 35.1. The third kappa shape index (κ3) is 53.7. The van der Waals surface area contributed by atoms with E-state index in [0.29, 0.717) is 78.0 Å². The molecule has 1 aromatic rings. The van der Waals surface area contributed by atoms with Crippen molar-refractivity contribution in [2.24, 2.45) is 72.1 Å². The molecule has 804 valence electrons. The minimum Gasteiger partial charge on any atom is -0.481 e. The Morgan fingerprint density at radius 1 is 0.301 bits per heavy atom. The molecule has 10 N–H and O–H groups in total. The van der Waals surface area contributed by atoms with Crippen molar-refractivity contribution in [2.75, 3.05) is 7.05 Å². The van der Waals surface area contributed by atoms with E-state index in [9.17, 15) is 95.9 Å². The van der Waals surface area contributed by atoms with Gasteiger partial charge in [0.2, 0.25) is 41.1 Å². The van der Waals surface area contributed by atoms with E-state index in [0.717, 1.165) is 263 Å². The van der Waals surface area contributed by atoms with Gasteiger partial charge in [-0.1, -0.05) is 57.4 Å². The molecule has 8 amide bonds. The molecule has 31 heteroatoms. The summed E-state index contributed by atoms with van der Waals surface area (Å²) in [4.78, 5) is 223. The summed E-state index contributed by atoms with van der Waals surface area (Å²) in [5.41, 5.74) is 3.16. The number of Topliss-reactive ketones (excluding diaryl/α,β-unsaturated/α-hetero) is 11. The summed E-state index contributed by atoms with van der Waals surface area (Å²) >= 11 is 0. The smallest absolute Gasteiger partial charge is 0.306 e. The minimum atomic E-state index is -0.646. The number of nitrogens with one attached hydrogen (secondary N) is 9. The van der Waals surface area contributed by atoms with Crippen molar-refractivity contribution in [3.63, 3.8) is 0 Å². The van der Waals surface area contributed by atoms with E-state index in [1.54, 1.807) is 62.3 Å². The van der Waals surface area contributed by atoms with Crippen molar-refractivity contribution in [1.82, 2.24) is 47.9 Å². The first-order valence-corrected chi connectivity index (χ1v) is 53.6. The lowest BCUT2D eigenvalue weighted by Crippen LogP contribution is -2.42. The molecule has 1 heterocycles. The highest BCUT2D eigenvalue weighted by Gasteiger charge is 2.35. The second-order valence-electron chi connectivity index (χ2n) is 42.2. The van der Waals surface area contributed by atoms with Crippen LogP contribution in [0.1, 0.15) is 410 Å². The number of amides is 8. The van der Waals surface area contributed by atoms with Crippen LogP contribution >= 0.6 is 0 Å². The summed E-state index contributed by atoms with van der Waals surface area (Å²) in [6.45, 7) is 31.9. The largest absolute Gasteiger partial charge is 0.481 e. The molecule has 11 aliphatic carbocycles. The van der Waals surface area contributed by atoms with E-state index in [-0.39, 0.29) is 154 Å². The van der Waals surface area contributed by atoms with E-state index in [1.807, 2.05) is 57.0 Å². The van der Waals surface area contributed by atoms with Gasteiger partial charge < -0.3 is 53.0 Å². The number of hydrogen-bond acceptors (Lipinski definition) is 21. The van der Waals surface area contributed by atoms with E-state index in [1.165, 1.54) is 51.7 Å². The maximum absolute atomic E-state index is 12.2. The molecular weight excluding hydrogens is 1820 g/mol. The molecule has 6 atom stereocenters. The van der Waals surface area contributed by atoms with Crippen LogP contribution < -0.4 is 52.4 Å². The Hall–Kier alpha value is -9.81. The minimum absolute atomic E-state index is 0.00852. The highest BCUT2D eigenvalue weighted by molar-refractivity contribution is 6.35. The molecule has 1 aromatic heterocycles. The molecule has 0 bridgehead atoms. The third-order valence-electron chi connectivity index (χ3n) is 30.5. The van der Waals surface area contributed by atoms with Gasteiger partial charge in [-0.2, -0.15) is 0 Å². The number of hydrogen-bond donors (Lipinski definition) is 10. The molecule has 143 heavy (non-hydrogen) atoms. The standard InChI is InChI=1S/C16H25NO2.C15H20N2O2.2C11H17NO3.2C11H19NO2.2C10H17NO2.C9H17NO.C8H12O2/c1-11-6-8-13(9-7-11)16(19)17-15-5-3-4-14(10-15)12(2)18;1-11(18)12-5-7-14(8-6-12)16-15(19)13-4-3-9-17(2)10-13;1-7(13)9-3-5-10(6-4-9)12-11(15)8(2)14;1-7(13)9-4-3-5-10(6-9)12-11(15)8(2)14;2*1-3-11(14)12-10-6-4-9(5-7-10)8(2)13;1-7(12)9-3-5-10(6-4-9)11-8(2)13;1-7(12)9-4-3-5-10(6-9)11-8(2)13;1-7(11)8-3-5-9(10-2)6-4-8;1-6-2-4-7(5-3-6)8(9)10/h13-15H,1,3-10H2,2H3,(H,17,19);3-4,9-10,12,14H,5-8H2,1-2H3;2*9-10H,3-6H2,1-2H3,(H,12,15);2*9-10H,3-7H2,1-2H3,(H,12,14);2*9-10H,3-6H2,1-2H3,(H,11,13);8-10H,3-6H2,1-2H3;7H,1-5H2,(H,9,10)/p+1. The van der Waals surface area contributed by atoms with Gasteiger partial charge in [-0.25, -0.2) is 4.57 Å². The maximum Gasteiger partial charge on any atom is 0.306 e. The maximum atomic E-state index is 12.2. The predicted molar refractivity (Wildman–Crippen MR) is 552 cm³/mol. The van der Waals surface area contributed by atoms with Crippen molar-refractivity contribution in [3.8, 4) is 0 Å². The van der Waals surface area contributed by atoms with Crippen LogP contribution in [-0.2, 0) is 98.1 Å². The van der Waals surface area contributed by atoms with Crippen LogP contribution in [0.2, 0.25) is 0 Å². The van der Waals surface area contributed by atoms with Gasteiger partial charge in [-0.15, -0.1) is 0 Å². The SMILES string of the molecule is C=C1CCC(C(=O)NC2CCCC(C(C)=O)C2)CC1.C=C1CCC(C(=O)O)CC1.CC(=O)C(=O)NC1CCC(C(C)=O)CC1.CC(=O)C(=O)NC1CCCC(C(C)=O)C1.CC(=O)C1CCC(NC(=O)c2ccc[n+](C)c2)CC1.CC(=O)NC1CCC(C(C)=O)CC1.CC(=O)NC1CCCC(C(C)=O)C1.CCC(=O)NC1CCC(C(C)=O)CC1.CCC(=O)NC1CCC(C(C)=O)CC1.CNC1CCC(C(C)=O)CC1. The number of carboxylic acids is 1. The molecule has 11 fully saturated rings. The van der Waals surface area contributed by atoms with Gasteiger partial charge in [0.1, 0.15) is 64.7 Å². The average molecular weight is 2000 g/mol. The van der Waals surface area contributed by atoms with Gasteiger partial charge in [0.25, 0.3) is 17.7 Å². The summed E-state index contributed by atoms with van der Waals surface area (Å²) in [6, 6.07) is 5.93. The second-order valence-corrected chi connectivity index (χ2v) is 42.2.